The zero-order valence-corrected chi connectivity index (χ0v) is 17.2. The van der Waals surface area contributed by atoms with Crippen LogP contribution in [-0.4, -0.2) is 42.1 Å². The highest BCUT2D eigenvalue weighted by molar-refractivity contribution is 7.08. The molecule has 1 aliphatic heterocycles. The van der Waals surface area contributed by atoms with E-state index in [4.69, 9.17) is 4.52 Å². The van der Waals surface area contributed by atoms with Crippen molar-refractivity contribution in [2.45, 2.75) is 53.0 Å². The Labute approximate surface area is 167 Å². The predicted molar refractivity (Wildman–Crippen MR) is 104 cm³/mol. The molecule has 1 amide bonds. The van der Waals surface area contributed by atoms with Crippen LogP contribution in [0.1, 0.15) is 64.1 Å². The zero-order valence-electron chi connectivity index (χ0n) is 16.4. The summed E-state index contributed by atoms with van der Waals surface area (Å²) in [6, 6.07) is 1.88. The van der Waals surface area contributed by atoms with Crippen LogP contribution in [0.15, 0.2) is 10.6 Å². The maximum absolute atomic E-state index is 13.2. The first-order valence-electron chi connectivity index (χ1n) is 9.40. The van der Waals surface area contributed by atoms with Gasteiger partial charge in [-0.05, 0) is 57.6 Å². The Kier molecular flexibility index (Phi) is 4.92. The summed E-state index contributed by atoms with van der Waals surface area (Å²) < 4.78 is 9.27. The smallest absolute Gasteiger partial charge is 0.268 e. The Morgan fingerprint density at radius 3 is 2.86 bits per heavy atom. The van der Waals surface area contributed by atoms with E-state index in [9.17, 15) is 4.79 Å². The number of hydrogen-bond acceptors (Lipinski definition) is 8. The van der Waals surface area contributed by atoms with Crippen LogP contribution in [-0.2, 0) is 6.42 Å². The molecule has 3 aromatic heterocycles. The minimum atomic E-state index is -0.0831. The van der Waals surface area contributed by atoms with E-state index in [1.165, 1.54) is 11.5 Å². The Balaban J connectivity index is 1.71. The van der Waals surface area contributed by atoms with Crippen LogP contribution < -0.4 is 0 Å². The van der Waals surface area contributed by atoms with Gasteiger partial charge in [-0.15, -0.1) is 5.10 Å². The number of carbonyl (C=O) groups is 1. The van der Waals surface area contributed by atoms with Gasteiger partial charge < -0.3 is 9.42 Å². The molecule has 146 valence electrons. The van der Waals surface area contributed by atoms with Gasteiger partial charge in [0.2, 0.25) is 0 Å². The van der Waals surface area contributed by atoms with E-state index < -0.39 is 0 Å². The molecule has 8 nitrogen and oxygen atoms in total. The first kappa shape index (κ1) is 18.7. The number of nitrogens with zero attached hydrogens (tertiary/aromatic N) is 6. The molecular formula is C19H22N6O2S. The molecule has 0 spiro atoms. The van der Waals surface area contributed by atoms with Crippen molar-refractivity contribution < 1.29 is 9.32 Å². The minimum Gasteiger partial charge on any atom is -0.361 e. The zero-order chi connectivity index (χ0) is 19.8. The highest BCUT2D eigenvalue weighted by atomic mass is 32.1. The topological polar surface area (TPSA) is 97.9 Å². The van der Waals surface area contributed by atoms with Crippen molar-refractivity contribution >= 4 is 17.4 Å². The molecule has 28 heavy (non-hydrogen) atoms. The molecule has 0 aliphatic carbocycles. The molecule has 1 atom stereocenters. The summed E-state index contributed by atoms with van der Waals surface area (Å²) in [6.45, 7) is 8.33. The summed E-state index contributed by atoms with van der Waals surface area (Å²) in [7, 11) is 0. The molecule has 0 bridgehead atoms. The van der Waals surface area contributed by atoms with E-state index in [0.717, 1.165) is 46.9 Å². The third-order valence-electron chi connectivity index (χ3n) is 5.09. The van der Waals surface area contributed by atoms with Crippen LogP contribution in [0, 0.1) is 20.8 Å². The number of carbonyl (C=O) groups excluding carboxylic acids is 1. The largest absolute Gasteiger partial charge is 0.361 e. The molecule has 9 heteroatoms. The van der Waals surface area contributed by atoms with Crippen molar-refractivity contribution in [1.29, 1.82) is 0 Å². The van der Waals surface area contributed by atoms with E-state index in [1.54, 1.807) is 0 Å². The lowest BCUT2D eigenvalue weighted by molar-refractivity contribution is 0.0736. The van der Waals surface area contributed by atoms with Gasteiger partial charge >= 0.3 is 0 Å². The molecule has 1 fully saturated rings. The van der Waals surface area contributed by atoms with Gasteiger partial charge in [0.1, 0.15) is 16.5 Å². The van der Waals surface area contributed by atoms with E-state index >= 15 is 0 Å². The molecule has 0 radical (unpaired) electrons. The highest BCUT2D eigenvalue weighted by Gasteiger charge is 2.34. The molecule has 0 saturated carbocycles. The van der Waals surface area contributed by atoms with Gasteiger partial charge in [-0.25, -0.2) is 9.97 Å². The minimum absolute atomic E-state index is 0.00972. The van der Waals surface area contributed by atoms with Gasteiger partial charge in [0.25, 0.3) is 5.91 Å². The lowest BCUT2D eigenvalue weighted by Crippen LogP contribution is -2.31. The normalized spacial score (nSPS) is 16.7. The molecule has 0 N–H and O–H groups in total. The first-order chi connectivity index (χ1) is 13.5. The summed E-state index contributed by atoms with van der Waals surface area (Å²) in [5.74, 6) is 1.38. The number of likely N-dealkylation sites (tertiary alicyclic amines) is 1. The molecule has 1 unspecified atom stereocenters. The van der Waals surface area contributed by atoms with Crippen molar-refractivity contribution in [2.24, 2.45) is 0 Å². The Morgan fingerprint density at radius 1 is 1.32 bits per heavy atom. The molecule has 0 aromatic carbocycles. The van der Waals surface area contributed by atoms with Crippen LogP contribution in [0.2, 0.25) is 0 Å². The quantitative estimate of drug-likeness (QED) is 0.664. The van der Waals surface area contributed by atoms with Crippen LogP contribution in [0.5, 0.6) is 0 Å². The Hall–Kier alpha value is -2.68. The molecular weight excluding hydrogens is 376 g/mol. The number of aryl methyl sites for hydroxylation is 4. The molecule has 1 aliphatic rings. The Bertz CT molecular complexity index is 1010. The summed E-state index contributed by atoms with van der Waals surface area (Å²) in [6.07, 6.45) is 2.50. The van der Waals surface area contributed by atoms with Crippen LogP contribution >= 0.6 is 11.5 Å². The average molecular weight is 398 g/mol. The average Bonchev–Trinajstić information content (AvgIpc) is 3.40. The van der Waals surface area contributed by atoms with Crippen molar-refractivity contribution in [1.82, 2.24) is 29.6 Å². The van der Waals surface area contributed by atoms with Crippen molar-refractivity contribution in [3.63, 3.8) is 0 Å². The van der Waals surface area contributed by atoms with E-state index in [0.29, 0.717) is 23.7 Å². The number of aromatic nitrogens is 5. The lowest BCUT2D eigenvalue weighted by Gasteiger charge is -2.24. The molecule has 4 rings (SSSR count). The first-order valence-corrected chi connectivity index (χ1v) is 10.2. The third kappa shape index (κ3) is 3.19. The fourth-order valence-corrected chi connectivity index (χ4v) is 4.50. The predicted octanol–water partition coefficient (Wildman–Crippen LogP) is 3.45. The van der Waals surface area contributed by atoms with Gasteiger partial charge in [0, 0.05) is 6.54 Å². The highest BCUT2D eigenvalue weighted by Crippen LogP contribution is 2.35. The van der Waals surface area contributed by atoms with E-state index in [2.05, 4.69) is 24.7 Å². The fraction of sp³-hybridized carbons (Fsp3) is 0.474. The second-order valence-corrected chi connectivity index (χ2v) is 7.74. The van der Waals surface area contributed by atoms with Gasteiger partial charge in [0.05, 0.1) is 34.4 Å². The fourth-order valence-electron chi connectivity index (χ4n) is 3.79. The second kappa shape index (κ2) is 7.38. The standard InChI is InChI=1S/C19H22N6O2S/c1-5-13-18(28-24-22-13)19(26)25-8-6-7-16(25)14-9-15(21-12(4)20-14)17-10(2)23-27-11(17)3/h9,16H,5-8H2,1-4H3. The summed E-state index contributed by atoms with van der Waals surface area (Å²) >= 11 is 1.17. The summed E-state index contributed by atoms with van der Waals surface area (Å²) in [4.78, 5) is 24.9. The van der Waals surface area contributed by atoms with Crippen molar-refractivity contribution in [3.05, 3.63) is 39.6 Å². The van der Waals surface area contributed by atoms with Crippen LogP contribution in [0.3, 0.4) is 0 Å². The monoisotopic (exact) mass is 398 g/mol. The third-order valence-corrected chi connectivity index (χ3v) is 5.84. The van der Waals surface area contributed by atoms with Gasteiger partial charge in [-0.2, -0.15) is 0 Å². The van der Waals surface area contributed by atoms with Crippen molar-refractivity contribution in [2.75, 3.05) is 6.54 Å². The lowest BCUT2D eigenvalue weighted by atomic mass is 10.1. The van der Waals surface area contributed by atoms with Crippen molar-refractivity contribution in [3.8, 4) is 11.3 Å². The molecule has 3 aromatic rings. The van der Waals surface area contributed by atoms with E-state index in [-0.39, 0.29) is 11.9 Å². The van der Waals surface area contributed by atoms with Gasteiger partial charge in [-0.1, -0.05) is 16.6 Å². The summed E-state index contributed by atoms with van der Waals surface area (Å²) in [5.41, 5.74) is 4.08. The van der Waals surface area contributed by atoms with Crippen LogP contribution in [0.25, 0.3) is 11.3 Å². The maximum atomic E-state index is 13.2. The number of amides is 1. The molecule has 4 heterocycles. The van der Waals surface area contributed by atoms with Gasteiger partial charge in [-0.3, -0.25) is 4.79 Å². The number of rotatable bonds is 4. The van der Waals surface area contributed by atoms with E-state index in [1.807, 2.05) is 38.7 Å². The SMILES string of the molecule is CCc1nnsc1C(=O)N1CCCC1c1cc(-c2c(C)noc2C)nc(C)n1. The Morgan fingerprint density at radius 2 is 2.14 bits per heavy atom. The maximum Gasteiger partial charge on any atom is 0.268 e. The van der Waals surface area contributed by atoms with Crippen LogP contribution in [0.4, 0.5) is 0 Å². The molecule has 1 saturated heterocycles. The second-order valence-electron chi connectivity index (χ2n) is 6.98. The summed E-state index contributed by atoms with van der Waals surface area (Å²) in [5, 5.41) is 8.12. The number of hydrogen-bond donors (Lipinski definition) is 0. The van der Waals surface area contributed by atoms with Gasteiger partial charge in [0.15, 0.2) is 0 Å².